The summed E-state index contributed by atoms with van der Waals surface area (Å²) in [6.07, 6.45) is -0.212. The van der Waals surface area contributed by atoms with Gasteiger partial charge in [-0.1, -0.05) is 0 Å². The van der Waals surface area contributed by atoms with Gasteiger partial charge in [0.1, 0.15) is 0 Å². The van der Waals surface area contributed by atoms with Crippen molar-refractivity contribution in [3.05, 3.63) is 0 Å². The summed E-state index contributed by atoms with van der Waals surface area (Å²) in [6.45, 7) is 0. The third-order valence-electron chi connectivity index (χ3n) is 0. The number of hydrogen-bond donors (Lipinski definition) is 0. The van der Waals surface area contributed by atoms with Gasteiger partial charge in [-0.2, -0.15) is 0 Å². The molecule has 0 nitrogen and oxygen atoms in total. The quantitative estimate of drug-likeness (QED) is 0.315. The van der Waals surface area contributed by atoms with E-state index in [1.165, 1.54) is 0 Å². The summed E-state index contributed by atoms with van der Waals surface area (Å²) < 4.78 is 0. The number of rotatable bonds is 0. The Morgan fingerprint density at radius 2 is 2.00 bits per heavy atom. The third-order valence-corrected chi connectivity index (χ3v) is 0. The molecule has 0 aromatic heterocycles. The molecule has 0 aromatic carbocycles. The van der Waals surface area contributed by atoms with Crippen LogP contribution in [0.1, 0.15) is 0 Å². The van der Waals surface area contributed by atoms with Gasteiger partial charge in [0.05, 0.1) is 0 Å². The molecule has 0 aliphatic carbocycles. The Kier molecular flexibility index (Phi) is 3.55. The van der Waals surface area contributed by atoms with Crippen molar-refractivity contribution in [3.63, 3.8) is 0 Å². The van der Waals surface area contributed by atoms with Gasteiger partial charge in [-0.05, 0) is 0 Å². The van der Waals surface area contributed by atoms with E-state index in [-0.39, 0.29) is 6.31 Å². The Balaban J connectivity index is 2.32. The maximum atomic E-state index is 2.80. The molecule has 2 atom stereocenters. The van der Waals surface area contributed by atoms with Gasteiger partial charge in [-0.15, -0.1) is 0 Å². The molecule has 0 bridgehead atoms. The molecule has 4 heteroatoms. The first-order valence-electron chi connectivity index (χ1n) is 1.15. The fraction of sp³-hybridized carbons (Fsp3) is 0. The van der Waals surface area contributed by atoms with E-state index in [1.807, 2.05) is 0 Å². The Hall–Kier alpha value is 1.40. The fourth-order valence-corrected chi connectivity index (χ4v) is 0. The predicted octanol–water partition coefficient (Wildman–Crippen LogP) is -1.24. The first-order chi connectivity index (χ1) is 1.73. The van der Waals surface area contributed by atoms with Crippen molar-refractivity contribution in [1.82, 2.24) is 0 Å². The van der Waals surface area contributed by atoms with Crippen LogP contribution in [0, 0.1) is 0 Å². The van der Waals surface area contributed by atoms with Crippen molar-refractivity contribution in [2.75, 3.05) is 0 Å². The van der Waals surface area contributed by atoms with Gasteiger partial charge in [0.2, 0.25) is 0 Å². The second-order valence-electron chi connectivity index (χ2n) is 0.705. The summed E-state index contributed by atoms with van der Waals surface area (Å²) in [4.78, 5) is 0. The van der Waals surface area contributed by atoms with E-state index < -0.39 is 0 Å². The van der Waals surface area contributed by atoms with E-state index >= 15 is 0 Å². The summed E-state index contributed by atoms with van der Waals surface area (Å²) >= 11 is 2.21. The first-order valence-corrected chi connectivity index (χ1v) is 8.92. The minimum atomic E-state index is -0.212. The molecular formula is H5BMoPSi. The van der Waals surface area contributed by atoms with Crippen LogP contribution in [0.25, 0.3) is 0 Å². The van der Waals surface area contributed by atoms with Crippen molar-refractivity contribution in [1.29, 1.82) is 0 Å². The van der Waals surface area contributed by atoms with Crippen LogP contribution in [0.5, 0.6) is 0 Å². The Bertz CT molecular complexity index is 12.8. The monoisotopic (exact) mass is 173 g/mol. The zero-order valence-electron chi connectivity index (χ0n) is 2.56. The second-order valence-corrected chi connectivity index (χ2v) is 14.4. The topological polar surface area (TPSA) is 0 Å². The molecule has 0 aliphatic heterocycles. The average molecular weight is 171 g/mol. The first kappa shape index (κ1) is 5.40. The molecule has 2 unspecified atom stereocenters. The van der Waals surface area contributed by atoms with E-state index in [4.69, 9.17) is 0 Å². The normalized spacial score (nSPS) is 15.2. The summed E-state index contributed by atoms with van der Waals surface area (Å²) in [5.41, 5.74) is 0. The maximum absolute atomic E-state index is 2.80. The van der Waals surface area contributed by atoms with Crippen molar-refractivity contribution in [2.24, 2.45) is 0 Å². The Morgan fingerprint density at radius 1 is 2.00 bits per heavy atom. The molecule has 0 N–H and O–H groups in total. The zero-order chi connectivity index (χ0) is 3.58. The Labute approximate surface area is 41.9 Å². The third kappa shape index (κ3) is 9.99. The molecule has 0 amide bonds. The van der Waals surface area contributed by atoms with Crippen molar-refractivity contribution in [3.8, 4) is 0 Å². The molecule has 0 fully saturated rings. The molecule has 23 valence electrons. The van der Waals surface area contributed by atoms with Crippen LogP contribution in [0.2, 0.25) is 0 Å². The Morgan fingerprint density at radius 3 is 2.00 bits per heavy atom. The van der Waals surface area contributed by atoms with Gasteiger partial charge in [0.25, 0.3) is 0 Å². The van der Waals surface area contributed by atoms with E-state index in [2.05, 4.69) is 35.3 Å². The molecule has 0 aliphatic rings. The summed E-state index contributed by atoms with van der Waals surface area (Å²) in [6, 6.07) is 0. The average Bonchev–Trinajstić information content (AvgIpc) is 0.811. The van der Waals surface area contributed by atoms with Gasteiger partial charge in [0.15, 0.2) is 0 Å². The van der Waals surface area contributed by atoms with Crippen molar-refractivity contribution < 1.29 is 19.1 Å². The van der Waals surface area contributed by atoms with Crippen LogP contribution in [0.3, 0.4) is 0 Å². The fourth-order valence-electron chi connectivity index (χ4n) is 0. The van der Waals surface area contributed by atoms with Gasteiger partial charge >= 0.3 is 41.6 Å². The van der Waals surface area contributed by atoms with E-state index in [1.54, 1.807) is 0 Å². The van der Waals surface area contributed by atoms with Gasteiger partial charge in [-0.25, -0.2) is 0 Å². The standard InChI is InChI=1S/BH5PSi.Mo/c1-3-2;/h3H,1-2H2;. The second kappa shape index (κ2) is 2.63. The number of hydrogen-bond acceptors (Lipinski definition) is 0. The van der Waals surface area contributed by atoms with Crippen LogP contribution >= 0.6 is 8.79 Å². The summed E-state index contributed by atoms with van der Waals surface area (Å²) in [5.74, 6) is 0. The molecule has 4 heavy (non-hydrogen) atoms. The predicted molar refractivity (Wildman–Crippen MR) is 25.4 cm³/mol. The van der Waals surface area contributed by atoms with Crippen LogP contribution in [0.15, 0.2) is 0 Å². The van der Waals surface area contributed by atoms with Crippen molar-refractivity contribution in [2.45, 2.75) is 0 Å². The SMILES string of the molecule is B[SiH](P)[Mo]. The molecule has 0 spiro atoms. The van der Waals surface area contributed by atoms with Gasteiger partial charge < -0.3 is 0 Å². The summed E-state index contributed by atoms with van der Waals surface area (Å²) in [5, 5.41) is 0. The summed E-state index contributed by atoms with van der Waals surface area (Å²) in [7, 11) is 5.07. The molecular weight excluding hydrogens is 166 g/mol. The zero-order valence-corrected chi connectivity index (χ0v) is 6.88. The molecule has 0 radical (unpaired) electrons. The van der Waals surface area contributed by atoms with E-state index in [0.29, 0.717) is 0 Å². The van der Waals surface area contributed by atoms with Crippen LogP contribution in [-0.2, 0) is 19.1 Å². The molecule has 0 saturated carbocycles. The minimum absolute atomic E-state index is 0.212. The van der Waals surface area contributed by atoms with Gasteiger partial charge in [-0.3, -0.25) is 0 Å². The molecule has 0 saturated heterocycles. The van der Waals surface area contributed by atoms with E-state index in [9.17, 15) is 0 Å². The van der Waals surface area contributed by atoms with Crippen LogP contribution < -0.4 is 0 Å². The van der Waals surface area contributed by atoms with E-state index in [0.717, 1.165) is 0 Å². The molecule has 0 aromatic rings. The van der Waals surface area contributed by atoms with Crippen LogP contribution in [-0.4, -0.2) is 13.7 Å². The molecule has 0 rings (SSSR count). The molecule has 0 heterocycles. The van der Waals surface area contributed by atoms with Gasteiger partial charge in [0, 0.05) is 0 Å². The van der Waals surface area contributed by atoms with Crippen LogP contribution in [0.4, 0.5) is 0 Å². The van der Waals surface area contributed by atoms with Crippen molar-refractivity contribution >= 4 is 22.5 Å².